The molecular formula is C28H33O. The summed E-state index contributed by atoms with van der Waals surface area (Å²) in [5.41, 5.74) is 6.29. The summed E-state index contributed by atoms with van der Waals surface area (Å²) in [7, 11) is 0. The van der Waals surface area contributed by atoms with Crippen LogP contribution >= 0.6 is 0 Å². The highest BCUT2D eigenvalue weighted by molar-refractivity contribution is 5.52. The molecule has 0 heterocycles. The topological polar surface area (TPSA) is 9.23 Å². The largest absolute Gasteiger partial charge is 0.488 e. The van der Waals surface area contributed by atoms with Crippen molar-refractivity contribution in [3.05, 3.63) is 101 Å². The van der Waals surface area contributed by atoms with Crippen LogP contribution in [0, 0.1) is 6.07 Å². The Morgan fingerprint density at radius 1 is 0.897 bits per heavy atom. The van der Waals surface area contributed by atoms with Crippen molar-refractivity contribution in [2.45, 2.75) is 65.4 Å². The second kappa shape index (κ2) is 9.31. The summed E-state index contributed by atoms with van der Waals surface area (Å²) in [6, 6.07) is 26.9. The van der Waals surface area contributed by atoms with Crippen molar-refractivity contribution in [3.63, 3.8) is 0 Å². The van der Waals surface area contributed by atoms with Gasteiger partial charge in [0.15, 0.2) is 0 Å². The third-order valence-electron chi connectivity index (χ3n) is 5.55. The average molecular weight is 386 g/mol. The van der Waals surface area contributed by atoms with Gasteiger partial charge in [-0.2, -0.15) is 0 Å². The van der Waals surface area contributed by atoms with E-state index >= 15 is 0 Å². The van der Waals surface area contributed by atoms with Crippen LogP contribution < -0.4 is 4.74 Å². The van der Waals surface area contributed by atoms with Crippen molar-refractivity contribution < 1.29 is 4.74 Å². The maximum atomic E-state index is 6.57. The molecule has 0 amide bonds. The van der Waals surface area contributed by atoms with Gasteiger partial charge in [-0.05, 0) is 52.1 Å². The average Bonchev–Trinajstić information content (AvgIpc) is 2.72. The maximum absolute atomic E-state index is 6.57. The minimum atomic E-state index is 0.00293. The quantitative estimate of drug-likeness (QED) is 0.410. The van der Waals surface area contributed by atoms with E-state index in [1.807, 2.05) is 6.07 Å². The third kappa shape index (κ3) is 5.29. The first kappa shape index (κ1) is 21.2. The molecule has 3 rings (SSSR count). The van der Waals surface area contributed by atoms with Crippen LogP contribution in [0.2, 0.25) is 0 Å². The fraction of sp³-hybridized carbons (Fsp3) is 0.357. The summed E-state index contributed by atoms with van der Waals surface area (Å²) in [4.78, 5) is 0. The minimum absolute atomic E-state index is 0.00293. The number of hydrogen-bond donors (Lipinski definition) is 0. The molecule has 0 fully saturated rings. The number of benzene rings is 3. The van der Waals surface area contributed by atoms with Crippen LogP contribution in [0.4, 0.5) is 0 Å². The van der Waals surface area contributed by atoms with Gasteiger partial charge < -0.3 is 4.74 Å². The van der Waals surface area contributed by atoms with E-state index in [4.69, 9.17) is 4.74 Å². The molecule has 1 radical (unpaired) electrons. The summed E-state index contributed by atoms with van der Waals surface area (Å²) in [6.45, 7) is 11.9. The molecule has 0 saturated heterocycles. The van der Waals surface area contributed by atoms with Crippen LogP contribution in [0.15, 0.2) is 66.7 Å². The Morgan fingerprint density at radius 2 is 1.48 bits per heavy atom. The molecule has 0 spiro atoms. The van der Waals surface area contributed by atoms with E-state index in [0.29, 0.717) is 12.5 Å². The fourth-order valence-corrected chi connectivity index (χ4v) is 3.71. The van der Waals surface area contributed by atoms with E-state index in [2.05, 4.69) is 101 Å². The molecule has 0 aromatic heterocycles. The Balaban J connectivity index is 2.10. The second-order valence-electron chi connectivity index (χ2n) is 8.92. The van der Waals surface area contributed by atoms with Gasteiger partial charge in [0, 0.05) is 12.0 Å². The van der Waals surface area contributed by atoms with Crippen molar-refractivity contribution in [2.24, 2.45) is 0 Å². The van der Waals surface area contributed by atoms with Gasteiger partial charge in [0.1, 0.15) is 12.4 Å². The molecule has 0 saturated carbocycles. The van der Waals surface area contributed by atoms with Crippen LogP contribution in [0.3, 0.4) is 0 Å². The lowest BCUT2D eigenvalue weighted by atomic mass is 9.79. The highest BCUT2D eigenvalue weighted by Crippen LogP contribution is 2.39. The zero-order valence-electron chi connectivity index (χ0n) is 18.5. The van der Waals surface area contributed by atoms with Gasteiger partial charge >= 0.3 is 0 Å². The van der Waals surface area contributed by atoms with E-state index in [1.165, 1.54) is 27.8 Å². The van der Waals surface area contributed by atoms with Crippen molar-refractivity contribution in [1.82, 2.24) is 0 Å². The predicted molar refractivity (Wildman–Crippen MR) is 123 cm³/mol. The van der Waals surface area contributed by atoms with Gasteiger partial charge in [-0.15, -0.1) is 0 Å². The summed E-state index contributed by atoms with van der Waals surface area (Å²) in [5.74, 6) is 1.48. The molecule has 29 heavy (non-hydrogen) atoms. The van der Waals surface area contributed by atoms with E-state index in [1.54, 1.807) is 0 Å². The minimum Gasteiger partial charge on any atom is -0.488 e. The van der Waals surface area contributed by atoms with Crippen molar-refractivity contribution >= 4 is 0 Å². The molecule has 0 aliphatic heterocycles. The normalized spacial score (nSPS) is 12.6. The van der Waals surface area contributed by atoms with E-state index in [0.717, 1.165) is 18.6 Å². The van der Waals surface area contributed by atoms with Gasteiger partial charge in [0.2, 0.25) is 0 Å². The summed E-state index contributed by atoms with van der Waals surface area (Å²) < 4.78 is 6.57. The molecule has 3 aromatic carbocycles. The number of ether oxygens (including phenoxy) is 1. The first-order valence-corrected chi connectivity index (χ1v) is 10.7. The summed E-state index contributed by atoms with van der Waals surface area (Å²) >= 11 is 0. The Bertz CT molecular complexity index is 904. The van der Waals surface area contributed by atoms with Crippen LogP contribution in [-0.4, -0.2) is 0 Å². The summed E-state index contributed by atoms with van der Waals surface area (Å²) in [6.07, 6.45) is 1.94. The molecule has 0 aliphatic carbocycles. The fourth-order valence-electron chi connectivity index (χ4n) is 3.71. The second-order valence-corrected chi connectivity index (χ2v) is 8.92. The molecule has 1 unspecified atom stereocenters. The molecule has 0 bridgehead atoms. The molecule has 151 valence electrons. The zero-order chi connectivity index (χ0) is 20.9. The van der Waals surface area contributed by atoms with Gasteiger partial charge in [0.25, 0.3) is 0 Å². The van der Waals surface area contributed by atoms with Crippen LogP contribution in [0.5, 0.6) is 5.75 Å². The Morgan fingerprint density at radius 3 is 2.03 bits per heavy atom. The van der Waals surface area contributed by atoms with Crippen molar-refractivity contribution in [3.8, 4) is 5.75 Å². The smallest absolute Gasteiger partial charge is 0.127 e. The lowest BCUT2D eigenvalue weighted by Gasteiger charge is -2.28. The van der Waals surface area contributed by atoms with E-state index < -0.39 is 0 Å². The lowest BCUT2D eigenvalue weighted by molar-refractivity contribution is 0.297. The Hall–Kier alpha value is -2.54. The first-order valence-electron chi connectivity index (χ1n) is 10.7. The van der Waals surface area contributed by atoms with Gasteiger partial charge in [-0.25, -0.2) is 0 Å². The predicted octanol–water partition coefficient (Wildman–Crippen LogP) is 7.47. The lowest BCUT2D eigenvalue weighted by Crippen LogP contribution is -2.17. The standard InChI is InChI=1S/C28H33O/c1-6-21(2)24-17-18-26(28(3,4)5)25(19-22-13-9-7-10-14-22)27(24)29-20-23-15-11-8-12-16-23/h7-17,21H,6,19-20H2,1-5H3. The van der Waals surface area contributed by atoms with Crippen molar-refractivity contribution in [2.75, 3.05) is 0 Å². The van der Waals surface area contributed by atoms with Gasteiger partial charge in [-0.1, -0.05) is 95.3 Å². The molecule has 0 N–H and O–H groups in total. The van der Waals surface area contributed by atoms with Crippen LogP contribution in [0.25, 0.3) is 0 Å². The van der Waals surface area contributed by atoms with Crippen LogP contribution in [-0.2, 0) is 18.4 Å². The molecule has 0 aliphatic rings. The first-order chi connectivity index (χ1) is 13.9. The van der Waals surface area contributed by atoms with E-state index in [9.17, 15) is 0 Å². The molecule has 1 nitrogen and oxygen atoms in total. The highest BCUT2D eigenvalue weighted by Gasteiger charge is 2.25. The molecule has 3 aromatic rings. The Kier molecular flexibility index (Phi) is 6.79. The molecule has 1 atom stereocenters. The SMILES string of the molecule is CCC(C)c1c[c]c(C(C)(C)C)c(Cc2ccccc2)c1OCc1ccccc1. The maximum Gasteiger partial charge on any atom is 0.127 e. The van der Waals surface area contributed by atoms with Gasteiger partial charge in [0.05, 0.1) is 0 Å². The van der Waals surface area contributed by atoms with Crippen LogP contribution in [0.1, 0.15) is 74.8 Å². The Labute approximate surface area is 176 Å². The third-order valence-corrected chi connectivity index (χ3v) is 5.55. The molecule has 1 heteroatoms. The zero-order valence-corrected chi connectivity index (χ0v) is 18.5. The molecular weight excluding hydrogens is 352 g/mol. The summed E-state index contributed by atoms with van der Waals surface area (Å²) in [5, 5.41) is 0. The number of rotatable bonds is 7. The number of hydrogen-bond acceptors (Lipinski definition) is 1. The monoisotopic (exact) mass is 385 g/mol. The highest BCUT2D eigenvalue weighted by atomic mass is 16.5. The van der Waals surface area contributed by atoms with E-state index in [-0.39, 0.29) is 5.41 Å². The van der Waals surface area contributed by atoms with Crippen molar-refractivity contribution in [1.29, 1.82) is 0 Å². The van der Waals surface area contributed by atoms with Gasteiger partial charge in [-0.3, -0.25) is 0 Å².